The number of nitriles is 1. The molecule has 33 heavy (non-hydrogen) atoms. The quantitative estimate of drug-likeness (QED) is 0.422. The summed E-state index contributed by atoms with van der Waals surface area (Å²) in [7, 11) is 1.61. The first-order valence-corrected chi connectivity index (χ1v) is 11.3. The van der Waals surface area contributed by atoms with Crippen LogP contribution in [-0.4, -0.2) is 25.1 Å². The van der Waals surface area contributed by atoms with Gasteiger partial charge >= 0.3 is 0 Å². The molecule has 0 unspecified atom stereocenters. The highest BCUT2D eigenvalue weighted by Gasteiger charge is 2.31. The molecule has 0 aliphatic carbocycles. The summed E-state index contributed by atoms with van der Waals surface area (Å²) in [6.45, 7) is 13.5. The maximum Gasteiger partial charge on any atom is 0.266 e. The minimum atomic E-state index is -0.440. The van der Waals surface area contributed by atoms with Crippen LogP contribution in [0.3, 0.4) is 0 Å². The molecule has 5 nitrogen and oxygen atoms in total. The van der Waals surface area contributed by atoms with Gasteiger partial charge in [0.1, 0.15) is 17.4 Å². The first kappa shape index (κ1) is 24.1. The van der Waals surface area contributed by atoms with Crippen molar-refractivity contribution in [3.8, 4) is 11.8 Å². The highest BCUT2D eigenvalue weighted by atomic mass is 16.5. The van der Waals surface area contributed by atoms with Gasteiger partial charge in [0, 0.05) is 35.1 Å². The minimum absolute atomic E-state index is 0.0245. The number of anilines is 2. The molecule has 0 radical (unpaired) electrons. The topological polar surface area (TPSA) is 65.4 Å². The fourth-order valence-electron chi connectivity index (χ4n) is 4.49. The van der Waals surface area contributed by atoms with Crippen LogP contribution in [0.5, 0.6) is 5.75 Å². The fourth-order valence-corrected chi connectivity index (χ4v) is 4.49. The van der Waals surface area contributed by atoms with Crippen LogP contribution < -0.4 is 15.0 Å². The molecule has 5 heteroatoms. The highest BCUT2D eigenvalue weighted by Crippen LogP contribution is 2.42. The molecule has 3 rings (SSSR count). The molecular formula is C28H33N3O2. The monoisotopic (exact) mass is 443 g/mol. The van der Waals surface area contributed by atoms with Gasteiger partial charge in [-0.3, -0.25) is 4.79 Å². The number of aryl methyl sites for hydroxylation is 2. The van der Waals surface area contributed by atoms with Crippen molar-refractivity contribution in [1.82, 2.24) is 0 Å². The molecule has 1 aliphatic rings. The Kier molecular flexibility index (Phi) is 6.98. The lowest BCUT2D eigenvalue weighted by atomic mass is 9.87. The summed E-state index contributed by atoms with van der Waals surface area (Å²) < 4.78 is 5.69. The third-order valence-electron chi connectivity index (χ3n) is 6.07. The van der Waals surface area contributed by atoms with Crippen LogP contribution in [-0.2, 0) is 4.79 Å². The van der Waals surface area contributed by atoms with Gasteiger partial charge in [-0.1, -0.05) is 30.7 Å². The maximum absolute atomic E-state index is 12.9. The molecule has 172 valence electrons. The van der Waals surface area contributed by atoms with Crippen molar-refractivity contribution >= 4 is 28.9 Å². The molecule has 0 saturated carbocycles. The Hall–Kier alpha value is -3.52. The zero-order valence-corrected chi connectivity index (χ0v) is 20.7. The number of amides is 1. The SMILES string of the molecule is CCCN1c2cc(OC)c(/C=C(\C#N)C(=O)Nc3ccc(C)cc3C)cc2C(C)=CC1(C)C. The predicted octanol–water partition coefficient (Wildman–Crippen LogP) is 6.27. The molecule has 0 atom stereocenters. The summed E-state index contributed by atoms with van der Waals surface area (Å²) >= 11 is 0. The maximum atomic E-state index is 12.9. The molecule has 0 saturated heterocycles. The Morgan fingerprint density at radius 1 is 1.21 bits per heavy atom. The Labute approximate surface area is 197 Å². The van der Waals surface area contributed by atoms with E-state index in [1.165, 1.54) is 0 Å². The van der Waals surface area contributed by atoms with Crippen molar-refractivity contribution in [1.29, 1.82) is 5.26 Å². The summed E-state index contributed by atoms with van der Waals surface area (Å²) in [5.41, 5.74) is 6.73. The second-order valence-corrected chi connectivity index (χ2v) is 9.19. The zero-order chi connectivity index (χ0) is 24.3. The number of hydrogen-bond donors (Lipinski definition) is 1. The van der Waals surface area contributed by atoms with Crippen LogP contribution in [0.4, 0.5) is 11.4 Å². The van der Waals surface area contributed by atoms with Gasteiger partial charge in [0.15, 0.2) is 0 Å². The number of rotatable bonds is 6. The van der Waals surface area contributed by atoms with Crippen molar-refractivity contribution in [2.75, 3.05) is 23.9 Å². The van der Waals surface area contributed by atoms with Gasteiger partial charge in [-0.15, -0.1) is 0 Å². The number of nitrogens with zero attached hydrogens (tertiary/aromatic N) is 2. The summed E-state index contributed by atoms with van der Waals surface area (Å²) in [6, 6.07) is 11.9. The van der Waals surface area contributed by atoms with Crippen LogP contribution in [0.1, 0.15) is 56.4 Å². The zero-order valence-electron chi connectivity index (χ0n) is 20.7. The Bertz CT molecular complexity index is 1180. The van der Waals surface area contributed by atoms with E-state index in [2.05, 4.69) is 50.1 Å². The third-order valence-corrected chi connectivity index (χ3v) is 6.07. The van der Waals surface area contributed by atoms with Gasteiger partial charge in [0.25, 0.3) is 5.91 Å². The number of carbonyl (C=O) groups excluding carboxylic acids is 1. The number of hydrogen-bond acceptors (Lipinski definition) is 4. The van der Waals surface area contributed by atoms with E-state index in [4.69, 9.17) is 4.74 Å². The smallest absolute Gasteiger partial charge is 0.266 e. The van der Waals surface area contributed by atoms with Gasteiger partial charge in [-0.2, -0.15) is 5.26 Å². The number of allylic oxidation sites excluding steroid dienone is 1. The molecule has 0 fully saturated rings. The van der Waals surface area contributed by atoms with E-state index in [9.17, 15) is 10.1 Å². The van der Waals surface area contributed by atoms with Crippen LogP contribution in [0.25, 0.3) is 11.6 Å². The fraction of sp³-hybridized carbons (Fsp3) is 0.357. The molecule has 0 bridgehead atoms. The van der Waals surface area contributed by atoms with E-state index >= 15 is 0 Å². The highest BCUT2D eigenvalue weighted by molar-refractivity contribution is 6.10. The average Bonchev–Trinajstić information content (AvgIpc) is 2.76. The lowest BCUT2D eigenvalue weighted by molar-refractivity contribution is -0.112. The van der Waals surface area contributed by atoms with Crippen LogP contribution in [0.15, 0.2) is 42.0 Å². The molecule has 0 aromatic heterocycles. The Morgan fingerprint density at radius 3 is 2.55 bits per heavy atom. The first-order valence-electron chi connectivity index (χ1n) is 11.3. The standard InChI is InChI=1S/C28H33N3O2/c1-8-11-31-25-15-26(33-7)21(14-23(25)20(4)16-28(31,5)6)13-22(17-29)27(32)30-24-10-9-18(2)12-19(24)3/h9-10,12-16H,8,11H2,1-7H3,(H,30,32)/b22-13+. The second-order valence-electron chi connectivity index (χ2n) is 9.19. The number of benzene rings is 2. The lowest BCUT2D eigenvalue weighted by Crippen LogP contribution is -2.45. The summed E-state index contributed by atoms with van der Waals surface area (Å²) in [5.74, 6) is 0.192. The summed E-state index contributed by atoms with van der Waals surface area (Å²) in [4.78, 5) is 15.3. The largest absolute Gasteiger partial charge is 0.496 e. The van der Waals surface area contributed by atoms with Crippen molar-refractivity contribution in [2.45, 2.75) is 53.5 Å². The molecule has 1 amide bonds. The summed E-state index contributed by atoms with van der Waals surface area (Å²) in [5, 5.41) is 12.6. The van der Waals surface area contributed by atoms with Gasteiger partial charge in [-0.05, 0) is 70.4 Å². The Balaban J connectivity index is 2.04. The molecule has 0 spiro atoms. The van der Waals surface area contributed by atoms with E-state index in [1.807, 2.05) is 44.2 Å². The van der Waals surface area contributed by atoms with Crippen LogP contribution >= 0.6 is 0 Å². The number of methoxy groups -OCH3 is 1. The second kappa shape index (κ2) is 9.54. The summed E-state index contributed by atoms with van der Waals surface area (Å²) in [6.07, 6.45) is 4.90. The number of fused-ring (bicyclic) bond motifs is 1. The van der Waals surface area contributed by atoms with Gasteiger partial charge in [0.05, 0.1) is 12.6 Å². The van der Waals surface area contributed by atoms with E-state index in [1.54, 1.807) is 13.2 Å². The minimum Gasteiger partial charge on any atom is -0.496 e. The van der Waals surface area contributed by atoms with Crippen molar-refractivity contribution < 1.29 is 9.53 Å². The average molecular weight is 444 g/mol. The third kappa shape index (κ3) is 4.96. The van der Waals surface area contributed by atoms with Gasteiger partial charge in [-0.25, -0.2) is 0 Å². The van der Waals surface area contributed by atoms with E-state index in [0.717, 1.165) is 40.9 Å². The number of nitrogens with one attached hydrogen (secondary N) is 1. The van der Waals surface area contributed by atoms with Gasteiger partial charge in [0.2, 0.25) is 0 Å². The lowest BCUT2D eigenvalue weighted by Gasteiger charge is -2.43. The van der Waals surface area contributed by atoms with Crippen LogP contribution in [0.2, 0.25) is 0 Å². The predicted molar refractivity (Wildman–Crippen MR) is 136 cm³/mol. The van der Waals surface area contributed by atoms with Gasteiger partial charge < -0.3 is 15.0 Å². The molecule has 2 aromatic carbocycles. The van der Waals surface area contributed by atoms with Crippen molar-refractivity contribution in [3.63, 3.8) is 0 Å². The molecular weight excluding hydrogens is 410 g/mol. The van der Waals surface area contributed by atoms with E-state index in [-0.39, 0.29) is 11.1 Å². The van der Waals surface area contributed by atoms with E-state index < -0.39 is 5.91 Å². The number of ether oxygens (including phenoxy) is 1. The normalized spacial score (nSPS) is 14.8. The van der Waals surface area contributed by atoms with Crippen molar-refractivity contribution in [3.05, 3.63) is 64.2 Å². The van der Waals surface area contributed by atoms with Crippen LogP contribution in [0, 0.1) is 25.2 Å². The molecule has 1 N–H and O–H groups in total. The number of carbonyl (C=O) groups is 1. The molecule has 1 aliphatic heterocycles. The molecule has 1 heterocycles. The Morgan fingerprint density at radius 2 is 1.94 bits per heavy atom. The van der Waals surface area contributed by atoms with Crippen molar-refractivity contribution in [2.24, 2.45) is 0 Å². The van der Waals surface area contributed by atoms with E-state index in [0.29, 0.717) is 17.0 Å². The first-order chi connectivity index (χ1) is 15.6. The molecule has 2 aromatic rings.